The summed E-state index contributed by atoms with van der Waals surface area (Å²) >= 11 is 0. The number of aromatic nitrogens is 3. The van der Waals surface area contributed by atoms with Crippen LogP contribution in [0.5, 0.6) is 0 Å². The molecule has 0 saturated carbocycles. The van der Waals surface area contributed by atoms with Crippen molar-refractivity contribution in [1.29, 1.82) is 0 Å². The van der Waals surface area contributed by atoms with Crippen LogP contribution in [0.3, 0.4) is 0 Å². The lowest BCUT2D eigenvalue weighted by Crippen LogP contribution is -2.40. The van der Waals surface area contributed by atoms with E-state index in [4.69, 9.17) is 4.98 Å². The molecule has 0 amide bonds. The normalized spacial score (nSPS) is 18.9. The van der Waals surface area contributed by atoms with E-state index in [1.807, 2.05) is 24.3 Å². The van der Waals surface area contributed by atoms with Crippen LogP contribution in [0.4, 0.5) is 23.1 Å². The monoisotopic (exact) mass is 484 g/mol. The van der Waals surface area contributed by atoms with Crippen LogP contribution < -0.4 is 20.7 Å². The zero-order valence-electron chi connectivity index (χ0n) is 18.8. The fourth-order valence-electron chi connectivity index (χ4n) is 4.49. The van der Waals surface area contributed by atoms with Gasteiger partial charge in [-0.15, -0.1) is 0 Å². The summed E-state index contributed by atoms with van der Waals surface area (Å²) in [7, 11) is -2.93. The molecule has 0 radical (unpaired) electrons. The van der Waals surface area contributed by atoms with E-state index in [-0.39, 0.29) is 23.7 Å². The Hall–Kier alpha value is -3.18. The number of sulfone groups is 1. The second-order valence-corrected chi connectivity index (χ2v) is 11.2. The molecule has 180 valence electrons. The first-order valence-electron chi connectivity index (χ1n) is 11.5. The molecule has 1 aromatic carbocycles. The molecule has 0 atom stereocenters. The highest BCUT2D eigenvalue weighted by Gasteiger charge is 2.23. The third-order valence-electron chi connectivity index (χ3n) is 6.60. The number of piperidine rings is 1. The number of hydrogen-bond acceptors (Lipinski definition) is 9. The van der Waals surface area contributed by atoms with Gasteiger partial charge in [-0.05, 0) is 49.1 Å². The molecular weight excluding hydrogens is 456 g/mol. The summed E-state index contributed by atoms with van der Waals surface area (Å²) in [6.07, 6.45) is 3.32. The van der Waals surface area contributed by atoms with Gasteiger partial charge in [0.15, 0.2) is 9.84 Å². The van der Waals surface area contributed by atoms with E-state index in [1.165, 1.54) is 0 Å². The van der Waals surface area contributed by atoms with Gasteiger partial charge in [-0.3, -0.25) is 4.79 Å². The Morgan fingerprint density at radius 2 is 1.71 bits per heavy atom. The molecule has 4 heterocycles. The average Bonchev–Trinajstić information content (AvgIpc) is 2.84. The maximum atomic E-state index is 12.6. The fourth-order valence-corrected chi connectivity index (χ4v) is 5.69. The minimum atomic E-state index is -2.93. The molecule has 2 saturated heterocycles. The smallest absolute Gasteiger partial charge is 0.261 e. The maximum absolute atomic E-state index is 12.6. The lowest BCUT2D eigenvalue weighted by Gasteiger charge is -2.31. The zero-order valence-corrected chi connectivity index (χ0v) is 19.6. The standard InChI is InChI=1S/C23H28N6O4S/c30-15-16-6-9-29(10-7-16)23-26-19-5-8-24-22(31)20(19)21(27-23)25-17-1-3-18(4-2-17)28-11-13-34(32,33)14-12-28/h1-5,8,16,30H,6-7,9-15H2,(H,24,31)(H,25,26,27). The van der Waals surface area contributed by atoms with Gasteiger partial charge in [0.1, 0.15) is 11.2 Å². The largest absolute Gasteiger partial charge is 0.396 e. The Bertz CT molecular complexity index is 1320. The first kappa shape index (κ1) is 22.6. The van der Waals surface area contributed by atoms with Crippen LogP contribution in [-0.2, 0) is 9.84 Å². The van der Waals surface area contributed by atoms with Gasteiger partial charge in [0.05, 0.1) is 17.0 Å². The van der Waals surface area contributed by atoms with Gasteiger partial charge in [-0.2, -0.15) is 4.98 Å². The molecule has 0 bridgehead atoms. The van der Waals surface area contributed by atoms with Gasteiger partial charge < -0.3 is 25.2 Å². The van der Waals surface area contributed by atoms with Crippen LogP contribution in [0.25, 0.3) is 10.9 Å². The van der Waals surface area contributed by atoms with Crippen molar-refractivity contribution in [2.45, 2.75) is 12.8 Å². The quantitative estimate of drug-likeness (QED) is 0.493. The molecule has 10 nitrogen and oxygen atoms in total. The summed E-state index contributed by atoms with van der Waals surface area (Å²) in [6.45, 7) is 2.66. The first-order chi connectivity index (χ1) is 16.4. The predicted molar refractivity (Wildman–Crippen MR) is 133 cm³/mol. The van der Waals surface area contributed by atoms with E-state index in [1.54, 1.807) is 12.3 Å². The SMILES string of the molecule is O=c1[nH]ccc2nc(N3CCC(CO)CC3)nc(Nc3ccc(N4CCS(=O)(=O)CC4)cc3)c12. The van der Waals surface area contributed by atoms with Crippen molar-refractivity contribution in [2.24, 2.45) is 5.92 Å². The maximum Gasteiger partial charge on any atom is 0.261 e. The fraction of sp³-hybridized carbons (Fsp3) is 0.435. The highest BCUT2D eigenvalue weighted by molar-refractivity contribution is 7.91. The van der Waals surface area contributed by atoms with Gasteiger partial charge in [0.25, 0.3) is 5.56 Å². The van der Waals surface area contributed by atoms with Crippen molar-refractivity contribution in [3.05, 3.63) is 46.9 Å². The van der Waals surface area contributed by atoms with Crippen LogP contribution in [0.15, 0.2) is 41.3 Å². The topological polar surface area (TPSA) is 132 Å². The van der Waals surface area contributed by atoms with Gasteiger partial charge in [0.2, 0.25) is 5.95 Å². The summed E-state index contributed by atoms with van der Waals surface area (Å²) < 4.78 is 23.4. The van der Waals surface area contributed by atoms with Crippen molar-refractivity contribution in [3.8, 4) is 0 Å². The molecule has 2 aliphatic heterocycles. The van der Waals surface area contributed by atoms with Crippen LogP contribution in [-0.4, -0.2) is 72.8 Å². The average molecular weight is 485 g/mol. The Morgan fingerprint density at radius 3 is 2.38 bits per heavy atom. The Morgan fingerprint density at radius 1 is 1.00 bits per heavy atom. The number of rotatable bonds is 5. The molecule has 2 aliphatic rings. The molecule has 34 heavy (non-hydrogen) atoms. The zero-order chi connectivity index (χ0) is 23.7. The third kappa shape index (κ3) is 4.71. The lowest BCUT2D eigenvalue weighted by atomic mass is 9.98. The molecule has 0 aliphatic carbocycles. The number of aliphatic hydroxyl groups excluding tert-OH is 1. The summed E-state index contributed by atoms with van der Waals surface area (Å²) in [5.41, 5.74) is 2.02. The van der Waals surface area contributed by atoms with Gasteiger partial charge in [-0.25, -0.2) is 13.4 Å². The van der Waals surface area contributed by atoms with E-state index in [0.29, 0.717) is 41.7 Å². The summed E-state index contributed by atoms with van der Waals surface area (Å²) in [6, 6.07) is 9.44. The number of H-pyrrole nitrogens is 1. The van der Waals surface area contributed by atoms with Crippen molar-refractivity contribution in [3.63, 3.8) is 0 Å². The third-order valence-corrected chi connectivity index (χ3v) is 8.21. The molecule has 11 heteroatoms. The molecule has 3 N–H and O–H groups in total. The van der Waals surface area contributed by atoms with E-state index >= 15 is 0 Å². The van der Waals surface area contributed by atoms with E-state index in [2.05, 4.69) is 25.1 Å². The molecule has 0 unspecified atom stereocenters. The number of aliphatic hydroxyl groups is 1. The van der Waals surface area contributed by atoms with E-state index in [0.717, 1.165) is 37.3 Å². The Labute approximate surface area is 197 Å². The molecule has 3 aromatic rings. The van der Waals surface area contributed by atoms with Gasteiger partial charge in [-0.1, -0.05) is 0 Å². The lowest BCUT2D eigenvalue weighted by molar-refractivity contribution is 0.202. The van der Waals surface area contributed by atoms with Crippen molar-refractivity contribution < 1.29 is 13.5 Å². The van der Waals surface area contributed by atoms with Crippen molar-refractivity contribution >= 4 is 43.9 Å². The minimum Gasteiger partial charge on any atom is -0.396 e. The second-order valence-electron chi connectivity index (χ2n) is 8.86. The number of fused-ring (bicyclic) bond motifs is 1. The number of pyridine rings is 1. The summed E-state index contributed by atoms with van der Waals surface area (Å²) in [4.78, 5) is 28.8. The number of nitrogens with one attached hydrogen (secondary N) is 2. The number of anilines is 4. The molecular formula is C23H28N6O4S. The van der Waals surface area contributed by atoms with E-state index in [9.17, 15) is 18.3 Å². The van der Waals surface area contributed by atoms with E-state index < -0.39 is 9.84 Å². The van der Waals surface area contributed by atoms with Crippen LogP contribution >= 0.6 is 0 Å². The highest BCUT2D eigenvalue weighted by Crippen LogP contribution is 2.28. The molecule has 5 rings (SSSR count). The number of hydrogen-bond donors (Lipinski definition) is 3. The minimum absolute atomic E-state index is 0.168. The van der Waals surface area contributed by atoms with Crippen molar-refractivity contribution in [1.82, 2.24) is 15.0 Å². The Balaban J connectivity index is 1.41. The van der Waals surface area contributed by atoms with Gasteiger partial charge in [0, 0.05) is 50.4 Å². The second kappa shape index (κ2) is 9.22. The van der Waals surface area contributed by atoms with Crippen LogP contribution in [0.1, 0.15) is 12.8 Å². The van der Waals surface area contributed by atoms with Gasteiger partial charge >= 0.3 is 0 Å². The first-order valence-corrected chi connectivity index (χ1v) is 13.3. The summed E-state index contributed by atoms with van der Waals surface area (Å²) in [5.74, 6) is 1.63. The number of benzene rings is 1. The van der Waals surface area contributed by atoms with Crippen molar-refractivity contribution in [2.75, 3.05) is 59.4 Å². The van der Waals surface area contributed by atoms with Crippen LogP contribution in [0.2, 0.25) is 0 Å². The molecule has 2 fully saturated rings. The highest BCUT2D eigenvalue weighted by atomic mass is 32.2. The van der Waals surface area contributed by atoms with Crippen LogP contribution in [0, 0.1) is 5.92 Å². The molecule has 2 aromatic heterocycles. The number of nitrogens with zero attached hydrogens (tertiary/aromatic N) is 4. The Kier molecular flexibility index (Phi) is 6.13. The molecule has 0 spiro atoms. The summed E-state index contributed by atoms with van der Waals surface area (Å²) in [5, 5.41) is 13.1. The number of aromatic amines is 1. The predicted octanol–water partition coefficient (Wildman–Crippen LogP) is 1.51.